The lowest BCUT2D eigenvalue weighted by molar-refractivity contribution is -0.125. The summed E-state index contributed by atoms with van der Waals surface area (Å²) in [6.07, 6.45) is 7.16. The van der Waals surface area contributed by atoms with Gasteiger partial charge in [-0.2, -0.15) is 0 Å². The zero-order valence-corrected chi connectivity index (χ0v) is 8.88. The third-order valence-electron chi connectivity index (χ3n) is 2.51. The molecule has 0 aromatic heterocycles. The monoisotopic (exact) mass is 196 g/mol. The third kappa shape index (κ3) is 3.92. The Morgan fingerprint density at radius 2 is 2.50 bits per heavy atom. The van der Waals surface area contributed by atoms with Crippen LogP contribution >= 0.6 is 0 Å². The summed E-state index contributed by atoms with van der Waals surface area (Å²) in [6, 6.07) is 0. The summed E-state index contributed by atoms with van der Waals surface area (Å²) in [5.41, 5.74) is 0. The summed E-state index contributed by atoms with van der Waals surface area (Å²) in [5, 5.41) is 6.20. The van der Waals surface area contributed by atoms with Crippen LogP contribution in [-0.2, 0) is 4.79 Å². The van der Waals surface area contributed by atoms with Crippen molar-refractivity contribution in [3.8, 4) is 0 Å². The molecule has 1 heterocycles. The smallest absolute Gasteiger partial charge is 0.224 e. The van der Waals surface area contributed by atoms with Crippen LogP contribution in [0.4, 0.5) is 0 Å². The minimum atomic E-state index is 0.189. The lowest BCUT2D eigenvalue weighted by Crippen LogP contribution is -2.40. The van der Waals surface area contributed by atoms with Crippen molar-refractivity contribution in [2.75, 3.05) is 19.6 Å². The van der Waals surface area contributed by atoms with E-state index in [1.807, 2.05) is 13.0 Å². The van der Waals surface area contributed by atoms with E-state index in [1.165, 1.54) is 0 Å². The van der Waals surface area contributed by atoms with E-state index >= 15 is 0 Å². The van der Waals surface area contributed by atoms with Gasteiger partial charge in [-0.1, -0.05) is 12.2 Å². The van der Waals surface area contributed by atoms with Gasteiger partial charge < -0.3 is 10.6 Å². The molecule has 1 aliphatic rings. The summed E-state index contributed by atoms with van der Waals surface area (Å²) in [5.74, 6) is 0.399. The van der Waals surface area contributed by atoms with Crippen molar-refractivity contribution < 1.29 is 4.79 Å². The standard InChI is InChI=1S/C11H20N2O/c1-2-3-4-8-13-11(14)10-6-5-7-12-9-10/h2-3,10,12H,4-9H2,1H3,(H,13,14)/b3-2+/t10-/m0/s1. The van der Waals surface area contributed by atoms with Crippen molar-refractivity contribution in [2.45, 2.75) is 26.2 Å². The number of carbonyl (C=O) groups excluding carboxylic acids is 1. The molecule has 2 N–H and O–H groups in total. The average Bonchev–Trinajstić information content (AvgIpc) is 2.25. The molecule has 1 fully saturated rings. The predicted octanol–water partition coefficient (Wildman–Crippen LogP) is 1.07. The molecule has 3 nitrogen and oxygen atoms in total. The lowest BCUT2D eigenvalue weighted by atomic mass is 9.99. The van der Waals surface area contributed by atoms with Crippen LogP contribution in [0.1, 0.15) is 26.2 Å². The topological polar surface area (TPSA) is 41.1 Å². The van der Waals surface area contributed by atoms with Gasteiger partial charge in [-0.3, -0.25) is 4.79 Å². The normalized spacial score (nSPS) is 22.5. The summed E-state index contributed by atoms with van der Waals surface area (Å²) >= 11 is 0. The zero-order valence-electron chi connectivity index (χ0n) is 8.88. The molecule has 0 bridgehead atoms. The molecular weight excluding hydrogens is 176 g/mol. The summed E-state index contributed by atoms with van der Waals surface area (Å²) < 4.78 is 0. The first kappa shape index (κ1) is 11.2. The van der Waals surface area contributed by atoms with E-state index < -0.39 is 0 Å². The number of allylic oxidation sites excluding steroid dienone is 1. The second-order valence-electron chi connectivity index (χ2n) is 3.69. The molecule has 0 aromatic carbocycles. The van der Waals surface area contributed by atoms with Gasteiger partial charge in [0.25, 0.3) is 0 Å². The summed E-state index contributed by atoms with van der Waals surface area (Å²) in [6.45, 7) is 4.66. The Hall–Kier alpha value is -0.830. The maximum absolute atomic E-state index is 11.6. The molecule has 80 valence electrons. The molecule has 14 heavy (non-hydrogen) atoms. The number of carbonyl (C=O) groups is 1. The number of hydrogen-bond acceptors (Lipinski definition) is 2. The van der Waals surface area contributed by atoms with Crippen LogP contribution < -0.4 is 10.6 Å². The molecule has 0 saturated carbocycles. The van der Waals surface area contributed by atoms with Gasteiger partial charge in [0.15, 0.2) is 0 Å². The SMILES string of the molecule is C/C=C/CCNC(=O)[C@H]1CCCNC1. The van der Waals surface area contributed by atoms with E-state index in [-0.39, 0.29) is 11.8 Å². The van der Waals surface area contributed by atoms with Crippen LogP contribution in [0.25, 0.3) is 0 Å². The first-order chi connectivity index (χ1) is 6.84. The van der Waals surface area contributed by atoms with Crippen molar-refractivity contribution >= 4 is 5.91 Å². The third-order valence-corrected chi connectivity index (χ3v) is 2.51. The first-order valence-electron chi connectivity index (χ1n) is 5.44. The average molecular weight is 196 g/mol. The maximum Gasteiger partial charge on any atom is 0.224 e. The highest BCUT2D eigenvalue weighted by atomic mass is 16.1. The van der Waals surface area contributed by atoms with Gasteiger partial charge in [0, 0.05) is 13.1 Å². The van der Waals surface area contributed by atoms with Crippen LogP contribution in [0.2, 0.25) is 0 Å². The number of nitrogens with one attached hydrogen (secondary N) is 2. The minimum Gasteiger partial charge on any atom is -0.356 e. The van der Waals surface area contributed by atoms with Gasteiger partial charge in [-0.25, -0.2) is 0 Å². The molecule has 3 heteroatoms. The Morgan fingerprint density at radius 1 is 1.64 bits per heavy atom. The summed E-state index contributed by atoms with van der Waals surface area (Å²) in [4.78, 5) is 11.6. The number of piperidine rings is 1. The van der Waals surface area contributed by atoms with Gasteiger partial charge in [-0.15, -0.1) is 0 Å². The van der Waals surface area contributed by atoms with Crippen LogP contribution in [0, 0.1) is 5.92 Å². The molecule has 1 saturated heterocycles. The Balaban J connectivity index is 2.13. The zero-order chi connectivity index (χ0) is 10.2. The fraction of sp³-hybridized carbons (Fsp3) is 0.727. The quantitative estimate of drug-likeness (QED) is 0.521. The molecule has 1 rings (SSSR count). The van der Waals surface area contributed by atoms with E-state index in [4.69, 9.17) is 0 Å². The highest BCUT2D eigenvalue weighted by Crippen LogP contribution is 2.09. The van der Waals surface area contributed by atoms with E-state index in [1.54, 1.807) is 0 Å². The number of rotatable bonds is 4. The van der Waals surface area contributed by atoms with Crippen LogP contribution in [0.5, 0.6) is 0 Å². The Bertz CT molecular complexity index is 195. The number of hydrogen-bond donors (Lipinski definition) is 2. The second kappa shape index (κ2) is 6.60. The molecule has 1 aliphatic heterocycles. The molecule has 0 radical (unpaired) electrons. The predicted molar refractivity (Wildman–Crippen MR) is 58.0 cm³/mol. The Labute approximate surface area is 86.0 Å². The molecule has 1 atom stereocenters. The number of amides is 1. The van der Waals surface area contributed by atoms with Crippen molar-refractivity contribution in [3.63, 3.8) is 0 Å². The lowest BCUT2D eigenvalue weighted by Gasteiger charge is -2.21. The van der Waals surface area contributed by atoms with Crippen LogP contribution in [-0.4, -0.2) is 25.5 Å². The van der Waals surface area contributed by atoms with E-state index in [2.05, 4.69) is 16.7 Å². The largest absolute Gasteiger partial charge is 0.356 e. The molecule has 0 aliphatic carbocycles. The van der Waals surface area contributed by atoms with Crippen LogP contribution in [0.15, 0.2) is 12.2 Å². The van der Waals surface area contributed by atoms with Crippen molar-refractivity contribution in [2.24, 2.45) is 5.92 Å². The highest BCUT2D eigenvalue weighted by molar-refractivity contribution is 5.78. The molecule has 0 spiro atoms. The summed E-state index contributed by atoms with van der Waals surface area (Å²) in [7, 11) is 0. The van der Waals surface area contributed by atoms with E-state index in [9.17, 15) is 4.79 Å². The Kier molecular flexibility index (Phi) is 5.30. The van der Waals surface area contributed by atoms with Gasteiger partial charge in [0.2, 0.25) is 5.91 Å². The Morgan fingerprint density at radius 3 is 3.14 bits per heavy atom. The van der Waals surface area contributed by atoms with Gasteiger partial charge in [0.05, 0.1) is 5.92 Å². The van der Waals surface area contributed by atoms with Crippen molar-refractivity contribution in [1.29, 1.82) is 0 Å². The second-order valence-corrected chi connectivity index (χ2v) is 3.69. The minimum absolute atomic E-state index is 0.189. The molecule has 1 amide bonds. The molecule has 0 unspecified atom stereocenters. The molecule has 0 aromatic rings. The van der Waals surface area contributed by atoms with Gasteiger partial charge >= 0.3 is 0 Å². The highest BCUT2D eigenvalue weighted by Gasteiger charge is 2.19. The van der Waals surface area contributed by atoms with E-state index in [0.717, 1.165) is 38.9 Å². The van der Waals surface area contributed by atoms with Gasteiger partial charge in [-0.05, 0) is 32.7 Å². The first-order valence-corrected chi connectivity index (χ1v) is 5.44. The van der Waals surface area contributed by atoms with Crippen LogP contribution in [0.3, 0.4) is 0 Å². The fourth-order valence-electron chi connectivity index (χ4n) is 1.67. The van der Waals surface area contributed by atoms with E-state index in [0.29, 0.717) is 0 Å². The van der Waals surface area contributed by atoms with Crippen molar-refractivity contribution in [1.82, 2.24) is 10.6 Å². The van der Waals surface area contributed by atoms with Gasteiger partial charge in [0.1, 0.15) is 0 Å². The molecular formula is C11H20N2O. The maximum atomic E-state index is 11.6. The fourth-order valence-corrected chi connectivity index (χ4v) is 1.67. The van der Waals surface area contributed by atoms with Crippen molar-refractivity contribution in [3.05, 3.63) is 12.2 Å².